The lowest BCUT2D eigenvalue weighted by molar-refractivity contribution is 0.0696. The number of aromatic nitrogens is 2. The van der Waals surface area contributed by atoms with Gasteiger partial charge in [-0.2, -0.15) is 0 Å². The molecule has 0 saturated heterocycles. The van der Waals surface area contributed by atoms with Crippen LogP contribution >= 0.6 is 0 Å². The van der Waals surface area contributed by atoms with Gasteiger partial charge in [0.2, 0.25) is 0 Å². The standard InChI is InChI=1S/C19H18N2O4/c1-9-6-5-7-13(8-9)16-15(14-11(3)21-25-12(14)4)10(2)20-18(22)17(16)19(23)24/h5-8H,1-4H3,(H,20,22)(H,23,24). The number of H-pyrrole nitrogens is 1. The summed E-state index contributed by atoms with van der Waals surface area (Å²) in [6.45, 7) is 7.21. The molecule has 0 amide bonds. The van der Waals surface area contributed by atoms with Crippen LogP contribution < -0.4 is 5.56 Å². The van der Waals surface area contributed by atoms with Gasteiger partial charge in [-0.15, -0.1) is 0 Å². The number of hydrogen-bond donors (Lipinski definition) is 2. The maximum atomic E-state index is 12.4. The molecule has 2 aromatic heterocycles. The largest absolute Gasteiger partial charge is 0.477 e. The van der Waals surface area contributed by atoms with E-state index in [2.05, 4.69) is 10.1 Å². The lowest BCUT2D eigenvalue weighted by Crippen LogP contribution is -2.21. The lowest BCUT2D eigenvalue weighted by atomic mass is 9.89. The number of nitrogens with zero attached hydrogens (tertiary/aromatic N) is 1. The van der Waals surface area contributed by atoms with E-state index in [1.807, 2.05) is 25.1 Å². The Kier molecular flexibility index (Phi) is 4.04. The zero-order valence-corrected chi connectivity index (χ0v) is 14.4. The maximum Gasteiger partial charge on any atom is 0.342 e. The molecule has 3 rings (SSSR count). The molecule has 0 aliphatic rings. The fourth-order valence-electron chi connectivity index (χ4n) is 3.17. The van der Waals surface area contributed by atoms with Gasteiger partial charge in [-0.25, -0.2) is 4.79 Å². The lowest BCUT2D eigenvalue weighted by Gasteiger charge is -2.16. The highest BCUT2D eigenvalue weighted by Gasteiger charge is 2.26. The van der Waals surface area contributed by atoms with E-state index >= 15 is 0 Å². The second-order valence-corrected chi connectivity index (χ2v) is 6.08. The number of nitrogens with one attached hydrogen (secondary N) is 1. The van der Waals surface area contributed by atoms with E-state index in [-0.39, 0.29) is 5.56 Å². The van der Waals surface area contributed by atoms with Crippen LogP contribution in [-0.4, -0.2) is 21.2 Å². The van der Waals surface area contributed by atoms with Gasteiger partial charge >= 0.3 is 5.97 Å². The number of benzene rings is 1. The fraction of sp³-hybridized carbons (Fsp3) is 0.211. The second-order valence-electron chi connectivity index (χ2n) is 6.08. The molecule has 3 aromatic rings. The summed E-state index contributed by atoms with van der Waals surface area (Å²) < 4.78 is 5.26. The minimum Gasteiger partial charge on any atom is -0.477 e. The highest BCUT2D eigenvalue weighted by Crippen LogP contribution is 2.38. The summed E-state index contributed by atoms with van der Waals surface area (Å²) >= 11 is 0. The molecule has 0 aliphatic heterocycles. The third kappa shape index (κ3) is 2.76. The van der Waals surface area contributed by atoms with Gasteiger partial charge in [-0.1, -0.05) is 35.0 Å². The molecule has 1 aromatic carbocycles. The summed E-state index contributed by atoms with van der Waals surface area (Å²) in [6.07, 6.45) is 0. The number of aromatic amines is 1. The Labute approximate surface area is 144 Å². The summed E-state index contributed by atoms with van der Waals surface area (Å²) in [5, 5.41) is 13.6. The van der Waals surface area contributed by atoms with Crippen molar-refractivity contribution >= 4 is 5.97 Å². The number of aryl methyl sites for hydroxylation is 4. The van der Waals surface area contributed by atoms with Crippen molar-refractivity contribution in [3.63, 3.8) is 0 Å². The number of hydrogen-bond acceptors (Lipinski definition) is 4. The van der Waals surface area contributed by atoms with Crippen molar-refractivity contribution < 1.29 is 14.4 Å². The van der Waals surface area contributed by atoms with Gasteiger partial charge in [0.15, 0.2) is 0 Å². The minimum absolute atomic E-state index is 0.286. The van der Waals surface area contributed by atoms with Crippen LogP contribution in [0.4, 0.5) is 0 Å². The summed E-state index contributed by atoms with van der Waals surface area (Å²) in [7, 11) is 0. The number of pyridine rings is 1. The zero-order valence-electron chi connectivity index (χ0n) is 14.4. The molecule has 2 N–H and O–H groups in total. The van der Waals surface area contributed by atoms with Crippen LogP contribution in [0.5, 0.6) is 0 Å². The molecule has 0 spiro atoms. The molecule has 6 nitrogen and oxygen atoms in total. The van der Waals surface area contributed by atoms with Crippen molar-refractivity contribution in [1.82, 2.24) is 10.1 Å². The first-order valence-electron chi connectivity index (χ1n) is 7.81. The number of carboxylic acids is 1. The Morgan fingerprint density at radius 1 is 1.12 bits per heavy atom. The van der Waals surface area contributed by atoms with E-state index in [1.165, 1.54) is 0 Å². The topological polar surface area (TPSA) is 96.2 Å². The molecule has 0 fully saturated rings. The number of carbonyl (C=O) groups is 1. The molecular weight excluding hydrogens is 320 g/mol. The van der Waals surface area contributed by atoms with Gasteiger partial charge in [0.1, 0.15) is 11.3 Å². The van der Waals surface area contributed by atoms with E-state index in [9.17, 15) is 14.7 Å². The van der Waals surface area contributed by atoms with Gasteiger partial charge in [-0.05, 0) is 33.3 Å². The molecule has 0 bridgehead atoms. The maximum absolute atomic E-state index is 12.4. The fourth-order valence-corrected chi connectivity index (χ4v) is 3.17. The van der Waals surface area contributed by atoms with Crippen LogP contribution in [0.2, 0.25) is 0 Å². The Balaban J connectivity index is 2.53. The summed E-state index contributed by atoms with van der Waals surface area (Å²) in [4.78, 5) is 26.9. The van der Waals surface area contributed by atoms with Crippen molar-refractivity contribution in [2.45, 2.75) is 27.7 Å². The monoisotopic (exact) mass is 338 g/mol. The van der Waals surface area contributed by atoms with E-state index in [0.717, 1.165) is 5.56 Å². The molecule has 0 saturated carbocycles. The van der Waals surface area contributed by atoms with Crippen molar-refractivity contribution in [3.05, 3.63) is 62.9 Å². The molecule has 2 heterocycles. The smallest absolute Gasteiger partial charge is 0.342 e. The third-order valence-corrected chi connectivity index (χ3v) is 4.21. The predicted octanol–water partition coefficient (Wildman–Crippen LogP) is 3.63. The average molecular weight is 338 g/mol. The first-order valence-corrected chi connectivity index (χ1v) is 7.81. The quantitative estimate of drug-likeness (QED) is 0.760. The van der Waals surface area contributed by atoms with Gasteiger partial charge in [0.25, 0.3) is 5.56 Å². The van der Waals surface area contributed by atoms with Crippen LogP contribution in [0.1, 0.15) is 33.1 Å². The number of rotatable bonds is 3. The van der Waals surface area contributed by atoms with E-state index in [4.69, 9.17) is 4.52 Å². The summed E-state index contributed by atoms with van der Waals surface area (Å²) in [5.74, 6) is -0.705. The first kappa shape index (κ1) is 16.7. The molecule has 0 radical (unpaired) electrons. The molecule has 6 heteroatoms. The molecule has 128 valence electrons. The molecule has 0 unspecified atom stereocenters. The van der Waals surface area contributed by atoms with Crippen molar-refractivity contribution in [2.24, 2.45) is 0 Å². The van der Waals surface area contributed by atoms with Crippen LogP contribution in [0, 0.1) is 27.7 Å². The van der Waals surface area contributed by atoms with Crippen LogP contribution in [0.3, 0.4) is 0 Å². The summed E-state index contributed by atoms with van der Waals surface area (Å²) in [5.41, 5.74) is 3.64. The van der Waals surface area contributed by atoms with Crippen LogP contribution in [-0.2, 0) is 0 Å². The Morgan fingerprint density at radius 3 is 2.40 bits per heavy atom. The molecular formula is C19H18N2O4. The van der Waals surface area contributed by atoms with Gasteiger partial charge in [-0.3, -0.25) is 4.79 Å². The van der Waals surface area contributed by atoms with Crippen LogP contribution in [0.15, 0.2) is 33.6 Å². The third-order valence-electron chi connectivity index (χ3n) is 4.21. The summed E-state index contributed by atoms with van der Waals surface area (Å²) in [6, 6.07) is 7.42. The van der Waals surface area contributed by atoms with Crippen molar-refractivity contribution in [1.29, 1.82) is 0 Å². The van der Waals surface area contributed by atoms with E-state index < -0.39 is 11.5 Å². The Hall–Kier alpha value is -3.15. The van der Waals surface area contributed by atoms with Gasteiger partial charge in [0.05, 0.1) is 5.69 Å². The first-order chi connectivity index (χ1) is 11.8. The van der Waals surface area contributed by atoms with Crippen LogP contribution in [0.25, 0.3) is 22.3 Å². The van der Waals surface area contributed by atoms with E-state index in [0.29, 0.717) is 39.4 Å². The molecule has 25 heavy (non-hydrogen) atoms. The highest BCUT2D eigenvalue weighted by atomic mass is 16.5. The number of aromatic carboxylic acids is 1. The molecule has 0 aliphatic carbocycles. The zero-order chi connectivity index (χ0) is 18.3. The Morgan fingerprint density at radius 2 is 1.84 bits per heavy atom. The minimum atomic E-state index is -1.27. The second kappa shape index (κ2) is 6.05. The molecule has 0 atom stereocenters. The van der Waals surface area contributed by atoms with Crippen molar-refractivity contribution in [2.75, 3.05) is 0 Å². The normalized spacial score (nSPS) is 10.9. The predicted molar refractivity (Wildman–Crippen MR) is 93.9 cm³/mol. The highest BCUT2D eigenvalue weighted by molar-refractivity contribution is 6.01. The van der Waals surface area contributed by atoms with Crippen molar-refractivity contribution in [3.8, 4) is 22.3 Å². The number of carboxylic acid groups (broad SMARTS) is 1. The van der Waals surface area contributed by atoms with Gasteiger partial charge in [0, 0.05) is 22.4 Å². The van der Waals surface area contributed by atoms with Gasteiger partial charge < -0.3 is 14.6 Å². The average Bonchev–Trinajstić information content (AvgIpc) is 2.85. The van der Waals surface area contributed by atoms with E-state index in [1.54, 1.807) is 26.8 Å². The SMILES string of the molecule is Cc1cccc(-c2c(-c3c(C)noc3C)c(C)[nH]c(=O)c2C(=O)O)c1. The Bertz CT molecular complexity index is 1020.